The van der Waals surface area contributed by atoms with E-state index >= 15 is 0 Å². The minimum absolute atomic E-state index is 0.156. The van der Waals surface area contributed by atoms with Crippen LogP contribution in [0.25, 0.3) is 0 Å². The standard InChI is InChI=1S/C16H31N3OS/c1-16(2,3)21-11-8-17-15(20)19-9-5-6-13-12-18(4)10-7-14(13)19/h13-14H,5-12H2,1-4H3,(H,17,20). The van der Waals surface area contributed by atoms with Crippen molar-refractivity contribution in [3.8, 4) is 0 Å². The Bertz CT molecular complexity index is 356. The summed E-state index contributed by atoms with van der Waals surface area (Å²) in [5.41, 5.74) is 0. The van der Waals surface area contributed by atoms with E-state index in [1.165, 1.54) is 6.42 Å². The summed E-state index contributed by atoms with van der Waals surface area (Å²) in [6.07, 6.45) is 3.56. The lowest BCUT2D eigenvalue weighted by atomic mass is 9.84. The van der Waals surface area contributed by atoms with Gasteiger partial charge in [-0.25, -0.2) is 4.79 Å². The van der Waals surface area contributed by atoms with Gasteiger partial charge < -0.3 is 15.1 Å². The van der Waals surface area contributed by atoms with Crippen LogP contribution in [0, 0.1) is 5.92 Å². The molecule has 0 spiro atoms. The minimum atomic E-state index is 0.156. The second-order valence-corrected chi connectivity index (χ2v) is 9.33. The van der Waals surface area contributed by atoms with Crippen LogP contribution >= 0.6 is 11.8 Å². The van der Waals surface area contributed by atoms with Crippen molar-refractivity contribution in [1.82, 2.24) is 15.1 Å². The van der Waals surface area contributed by atoms with E-state index in [1.54, 1.807) is 0 Å². The molecule has 0 aromatic heterocycles. The zero-order chi connectivity index (χ0) is 15.5. The number of hydrogen-bond acceptors (Lipinski definition) is 3. The van der Waals surface area contributed by atoms with Crippen molar-refractivity contribution < 1.29 is 4.79 Å². The van der Waals surface area contributed by atoms with Gasteiger partial charge >= 0.3 is 6.03 Å². The van der Waals surface area contributed by atoms with Crippen LogP contribution in [0.5, 0.6) is 0 Å². The number of carbonyl (C=O) groups is 1. The summed E-state index contributed by atoms with van der Waals surface area (Å²) in [5, 5.41) is 3.12. The summed E-state index contributed by atoms with van der Waals surface area (Å²) in [7, 11) is 2.19. The average Bonchev–Trinajstić information content (AvgIpc) is 2.41. The van der Waals surface area contributed by atoms with E-state index in [0.717, 1.165) is 44.8 Å². The van der Waals surface area contributed by atoms with Crippen LogP contribution in [-0.4, -0.2) is 65.6 Å². The maximum atomic E-state index is 12.5. The number of piperidine rings is 2. The molecule has 2 aliphatic rings. The van der Waals surface area contributed by atoms with Gasteiger partial charge in [0.1, 0.15) is 0 Å². The molecule has 2 amide bonds. The van der Waals surface area contributed by atoms with E-state index in [1.807, 2.05) is 11.8 Å². The Morgan fingerprint density at radius 3 is 2.76 bits per heavy atom. The smallest absolute Gasteiger partial charge is 0.317 e. The van der Waals surface area contributed by atoms with Crippen molar-refractivity contribution in [2.45, 2.75) is 50.8 Å². The molecule has 2 saturated heterocycles. The lowest BCUT2D eigenvalue weighted by Gasteiger charge is -2.46. The van der Waals surface area contributed by atoms with Crippen LogP contribution in [0.4, 0.5) is 4.79 Å². The summed E-state index contributed by atoms with van der Waals surface area (Å²) < 4.78 is 0.273. The first kappa shape index (κ1) is 16.9. The van der Waals surface area contributed by atoms with Gasteiger partial charge in [-0.1, -0.05) is 20.8 Å². The predicted octanol–water partition coefficient (Wildman–Crippen LogP) is 2.64. The zero-order valence-corrected chi connectivity index (χ0v) is 14.8. The molecular weight excluding hydrogens is 282 g/mol. The molecule has 122 valence electrons. The van der Waals surface area contributed by atoms with Gasteiger partial charge in [-0.2, -0.15) is 11.8 Å². The molecule has 1 N–H and O–H groups in total. The average molecular weight is 314 g/mol. The molecule has 2 unspecified atom stereocenters. The topological polar surface area (TPSA) is 35.6 Å². The van der Waals surface area contributed by atoms with Crippen molar-refractivity contribution in [3.05, 3.63) is 0 Å². The fourth-order valence-electron chi connectivity index (χ4n) is 3.45. The van der Waals surface area contributed by atoms with E-state index in [-0.39, 0.29) is 10.8 Å². The Kier molecular flexibility index (Phi) is 5.83. The number of hydrogen-bond donors (Lipinski definition) is 1. The zero-order valence-electron chi connectivity index (χ0n) is 14.0. The molecule has 2 rings (SSSR count). The molecule has 0 radical (unpaired) electrons. The van der Waals surface area contributed by atoms with Crippen LogP contribution in [0.1, 0.15) is 40.0 Å². The summed E-state index contributed by atoms with van der Waals surface area (Å²) in [4.78, 5) is 17.0. The second kappa shape index (κ2) is 7.23. The summed E-state index contributed by atoms with van der Waals surface area (Å²) in [5.74, 6) is 1.66. The SMILES string of the molecule is CN1CCC2C(CCCN2C(=O)NCCSC(C)(C)C)C1. The van der Waals surface area contributed by atoms with Gasteiger partial charge in [0.2, 0.25) is 0 Å². The Hall–Kier alpha value is -0.420. The largest absolute Gasteiger partial charge is 0.337 e. The number of amides is 2. The Balaban J connectivity index is 1.78. The molecule has 21 heavy (non-hydrogen) atoms. The van der Waals surface area contributed by atoms with Gasteiger partial charge in [-0.3, -0.25) is 0 Å². The number of nitrogens with one attached hydrogen (secondary N) is 1. The Labute approximate surface area is 134 Å². The third-order valence-electron chi connectivity index (χ3n) is 4.45. The molecule has 2 heterocycles. The van der Waals surface area contributed by atoms with E-state index in [9.17, 15) is 4.79 Å². The van der Waals surface area contributed by atoms with Crippen LogP contribution in [0.2, 0.25) is 0 Å². The molecular formula is C16H31N3OS. The van der Waals surface area contributed by atoms with Gasteiger partial charge in [-0.15, -0.1) is 0 Å². The van der Waals surface area contributed by atoms with E-state index in [0.29, 0.717) is 12.0 Å². The van der Waals surface area contributed by atoms with Crippen LogP contribution in [-0.2, 0) is 0 Å². The fraction of sp³-hybridized carbons (Fsp3) is 0.938. The molecule has 0 saturated carbocycles. The van der Waals surface area contributed by atoms with Crippen molar-refractivity contribution in [2.24, 2.45) is 5.92 Å². The Morgan fingerprint density at radius 1 is 1.29 bits per heavy atom. The quantitative estimate of drug-likeness (QED) is 0.814. The lowest BCUT2D eigenvalue weighted by molar-refractivity contribution is 0.0536. The second-order valence-electron chi connectivity index (χ2n) is 7.41. The summed E-state index contributed by atoms with van der Waals surface area (Å²) in [6, 6.07) is 0.619. The highest BCUT2D eigenvalue weighted by Gasteiger charge is 2.37. The normalized spacial score (nSPS) is 27.3. The van der Waals surface area contributed by atoms with Crippen molar-refractivity contribution >= 4 is 17.8 Å². The van der Waals surface area contributed by atoms with Gasteiger partial charge in [0, 0.05) is 36.2 Å². The van der Waals surface area contributed by atoms with E-state index < -0.39 is 0 Å². The molecule has 0 aromatic carbocycles. The number of rotatable bonds is 3. The monoisotopic (exact) mass is 313 g/mol. The summed E-state index contributed by atoms with van der Waals surface area (Å²) >= 11 is 1.91. The van der Waals surface area contributed by atoms with Crippen molar-refractivity contribution in [2.75, 3.05) is 39.0 Å². The highest BCUT2D eigenvalue weighted by Crippen LogP contribution is 2.30. The van der Waals surface area contributed by atoms with Crippen molar-refractivity contribution in [1.29, 1.82) is 0 Å². The number of urea groups is 1. The number of nitrogens with zero attached hydrogens (tertiary/aromatic N) is 2. The molecule has 2 atom stereocenters. The number of thioether (sulfide) groups is 1. The van der Waals surface area contributed by atoms with Crippen LogP contribution in [0.15, 0.2) is 0 Å². The molecule has 0 bridgehead atoms. The first-order chi connectivity index (χ1) is 9.87. The number of fused-ring (bicyclic) bond motifs is 1. The minimum Gasteiger partial charge on any atom is -0.337 e. The van der Waals surface area contributed by atoms with Gasteiger partial charge in [0.25, 0.3) is 0 Å². The first-order valence-corrected chi connectivity index (χ1v) is 9.22. The number of likely N-dealkylation sites (tertiary alicyclic amines) is 2. The van der Waals surface area contributed by atoms with E-state index in [4.69, 9.17) is 0 Å². The Morgan fingerprint density at radius 2 is 2.05 bits per heavy atom. The third-order valence-corrected chi connectivity index (χ3v) is 5.72. The highest BCUT2D eigenvalue weighted by molar-refractivity contribution is 8.00. The first-order valence-electron chi connectivity index (χ1n) is 8.24. The molecule has 0 aliphatic carbocycles. The maximum Gasteiger partial charge on any atom is 0.317 e. The molecule has 5 heteroatoms. The molecule has 2 fully saturated rings. The third kappa shape index (κ3) is 5.06. The molecule has 2 aliphatic heterocycles. The lowest BCUT2D eigenvalue weighted by Crippen LogP contribution is -2.57. The fourth-order valence-corrected chi connectivity index (χ4v) is 4.27. The summed E-state index contributed by atoms with van der Waals surface area (Å²) in [6.45, 7) is 10.6. The predicted molar refractivity (Wildman–Crippen MR) is 90.9 cm³/mol. The van der Waals surface area contributed by atoms with E-state index in [2.05, 4.69) is 42.9 Å². The highest BCUT2D eigenvalue weighted by atomic mass is 32.2. The molecule has 0 aromatic rings. The maximum absolute atomic E-state index is 12.5. The van der Waals surface area contributed by atoms with Gasteiger partial charge in [-0.05, 0) is 38.8 Å². The van der Waals surface area contributed by atoms with Crippen molar-refractivity contribution in [3.63, 3.8) is 0 Å². The number of carbonyl (C=O) groups excluding carboxylic acids is 1. The van der Waals surface area contributed by atoms with Gasteiger partial charge in [0.15, 0.2) is 0 Å². The molecule has 4 nitrogen and oxygen atoms in total. The van der Waals surface area contributed by atoms with Crippen LogP contribution in [0.3, 0.4) is 0 Å². The van der Waals surface area contributed by atoms with Crippen LogP contribution < -0.4 is 5.32 Å². The van der Waals surface area contributed by atoms with Gasteiger partial charge in [0.05, 0.1) is 0 Å².